The van der Waals surface area contributed by atoms with E-state index >= 15 is 0 Å². The second kappa shape index (κ2) is 8.37. The minimum atomic E-state index is 0.705. The Labute approximate surface area is 146 Å². The maximum atomic E-state index is 4.20. The number of nitrogens with one attached hydrogen (secondary N) is 1. The Morgan fingerprint density at radius 2 is 2.26 bits per heavy atom. The highest BCUT2D eigenvalue weighted by Crippen LogP contribution is 2.27. The van der Waals surface area contributed by atoms with Crippen LogP contribution in [-0.4, -0.2) is 36.9 Å². The van der Waals surface area contributed by atoms with Crippen LogP contribution < -0.4 is 5.32 Å². The monoisotopic (exact) mass is 367 g/mol. The van der Waals surface area contributed by atoms with Crippen molar-refractivity contribution in [2.75, 3.05) is 11.9 Å². The van der Waals surface area contributed by atoms with Crippen molar-refractivity contribution >= 4 is 39.6 Å². The van der Waals surface area contributed by atoms with Gasteiger partial charge in [-0.3, -0.25) is 0 Å². The van der Waals surface area contributed by atoms with Gasteiger partial charge in [-0.05, 0) is 34.7 Å². The average molecular weight is 368 g/mol. The number of hydrogen-bond donors (Lipinski definition) is 1. The van der Waals surface area contributed by atoms with Crippen molar-refractivity contribution in [3.05, 3.63) is 28.2 Å². The minimum Gasteiger partial charge on any atom is -0.360 e. The van der Waals surface area contributed by atoms with Crippen LogP contribution in [0, 0.1) is 0 Å². The Bertz CT molecular complexity index is 707. The van der Waals surface area contributed by atoms with E-state index in [4.69, 9.17) is 0 Å². The van der Waals surface area contributed by atoms with E-state index in [9.17, 15) is 0 Å². The Hall–Kier alpha value is -1.52. The molecule has 0 aliphatic carbocycles. The lowest BCUT2D eigenvalue weighted by molar-refractivity contribution is 0.564. The molecular formula is C13H17N7S3. The van der Waals surface area contributed by atoms with E-state index in [2.05, 4.69) is 55.5 Å². The van der Waals surface area contributed by atoms with Gasteiger partial charge in [0.25, 0.3) is 0 Å². The van der Waals surface area contributed by atoms with Gasteiger partial charge < -0.3 is 5.32 Å². The summed E-state index contributed by atoms with van der Waals surface area (Å²) in [5, 5.41) is 26.4. The summed E-state index contributed by atoms with van der Waals surface area (Å²) in [5.41, 5.74) is 0. The first-order valence-electron chi connectivity index (χ1n) is 7.32. The van der Waals surface area contributed by atoms with E-state index in [1.807, 2.05) is 4.68 Å². The van der Waals surface area contributed by atoms with E-state index in [-0.39, 0.29) is 0 Å². The second-order valence-electron chi connectivity index (χ2n) is 4.74. The van der Waals surface area contributed by atoms with Gasteiger partial charge in [0.05, 0.1) is 5.75 Å². The van der Waals surface area contributed by atoms with E-state index in [1.165, 1.54) is 4.88 Å². The van der Waals surface area contributed by atoms with Crippen molar-refractivity contribution in [2.24, 2.45) is 0 Å². The summed E-state index contributed by atoms with van der Waals surface area (Å²) in [6.45, 7) is 3.82. The van der Waals surface area contributed by atoms with E-state index in [0.29, 0.717) is 5.75 Å². The normalized spacial score (nSPS) is 11.0. The maximum Gasteiger partial charge on any atom is 0.206 e. The Morgan fingerprint density at radius 3 is 3.09 bits per heavy atom. The molecular weight excluding hydrogens is 350 g/mol. The number of anilines is 1. The molecule has 0 aliphatic heterocycles. The molecule has 0 radical (unpaired) electrons. The highest BCUT2D eigenvalue weighted by Gasteiger charge is 2.09. The molecule has 0 aromatic carbocycles. The van der Waals surface area contributed by atoms with Crippen LogP contribution in [0.1, 0.15) is 24.0 Å². The van der Waals surface area contributed by atoms with Gasteiger partial charge in [-0.2, -0.15) is 0 Å². The quantitative estimate of drug-likeness (QED) is 0.582. The molecule has 122 valence electrons. The van der Waals surface area contributed by atoms with Gasteiger partial charge in [-0.25, -0.2) is 4.68 Å². The number of tetrazole rings is 1. The number of rotatable bonds is 9. The summed E-state index contributed by atoms with van der Waals surface area (Å²) < 4.78 is 2.77. The van der Waals surface area contributed by atoms with Crippen LogP contribution in [0.2, 0.25) is 0 Å². The third kappa shape index (κ3) is 4.72. The van der Waals surface area contributed by atoms with Gasteiger partial charge in [0.2, 0.25) is 5.13 Å². The fourth-order valence-corrected chi connectivity index (χ4v) is 4.34. The number of nitrogens with zero attached hydrogens (tertiary/aromatic N) is 6. The predicted molar refractivity (Wildman–Crippen MR) is 94.1 cm³/mol. The molecule has 0 amide bonds. The number of hydrogen-bond acceptors (Lipinski definition) is 9. The second-order valence-corrected chi connectivity index (χ2v) is 7.97. The summed E-state index contributed by atoms with van der Waals surface area (Å²) in [4.78, 5) is 1.37. The first-order chi connectivity index (χ1) is 11.3. The maximum absolute atomic E-state index is 4.20. The van der Waals surface area contributed by atoms with E-state index < -0.39 is 0 Å². The molecule has 3 aromatic heterocycles. The summed E-state index contributed by atoms with van der Waals surface area (Å²) >= 11 is 4.96. The van der Waals surface area contributed by atoms with Gasteiger partial charge in [-0.1, -0.05) is 36.1 Å². The van der Waals surface area contributed by atoms with Crippen molar-refractivity contribution in [2.45, 2.75) is 36.4 Å². The van der Waals surface area contributed by atoms with Crippen molar-refractivity contribution < 1.29 is 0 Å². The molecule has 0 fully saturated rings. The smallest absolute Gasteiger partial charge is 0.206 e. The van der Waals surface area contributed by atoms with Gasteiger partial charge in [0.15, 0.2) is 10.2 Å². The molecule has 0 spiro atoms. The number of aromatic nitrogens is 6. The summed E-state index contributed by atoms with van der Waals surface area (Å²) in [6.07, 6.45) is 2.02. The van der Waals surface area contributed by atoms with Crippen LogP contribution in [-0.2, 0) is 18.7 Å². The topological polar surface area (TPSA) is 81.4 Å². The lowest BCUT2D eigenvalue weighted by Gasteiger charge is -2.00. The fourth-order valence-electron chi connectivity index (χ4n) is 1.93. The molecule has 0 aliphatic rings. The zero-order valence-electron chi connectivity index (χ0n) is 12.7. The molecule has 23 heavy (non-hydrogen) atoms. The molecule has 0 atom stereocenters. The van der Waals surface area contributed by atoms with E-state index in [1.54, 1.807) is 34.4 Å². The standard InChI is InChI=1S/C13H17N7S3/c1-2-7-20-11(15-18-19-20)9-22-13-17-16-12(23-13)14-6-5-10-4-3-8-21-10/h3-4,8H,2,5-7,9H2,1H3,(H,14,16). The number of thioether (sulfide) groups is 1. The van der Waals surface area contributed by atoms with Crippen LogP contribution in [0.3, 0.4) is 0 Å². The fraction of sp³-hybridized carbons (Fsp3) is 0.462. The summed E-state index contributed by atoms with van der Waals surface area (Å²) in [6, 6.07) is 4.22. The third-order valence-corrected chi connectivity index (χ3v) is 5.95. The van der Waals surface area contributed by atoms with Crippen molar-refractivity contribution in [3.63, 3.8) is 0 Å². The van der Waals surface area contributed by atoms with Crippen LogP contribution in [0.25, 0.3) is 0 Å². The first kappa shape index (κ1) is 16.3. The van der Waals surface area contributed by atoms with E-state index in [0.717, 1.165) is 41.2 Å². The Balaban J connectivity index is 1.46. The molecule has 0 saturated carbocycles. The van der Waals surface area contributed by atoms with Crippen molar-refractivity contribution in [1.29, 1.82) is 0 Å². The van der Waals surface area contributed by atoms with Crippen molar-refractivity contribution in [1.82, 2.24) is 30.4 Å². The highest BCUT2D eigenvalue weighted by molar-refractivity contribution is 8.00. The van der Waals surface area contributed by atoms with Crippen LogP contribution >= 0.6 is 34.4 Å². The van der Waals surface area contributed by atoms with Gasteiger partial charge >= 0.3 is 0 Å². The third-order valence-electron chi connectivity index (χ3n) is 3.00. The molecule has 0 saturated heterocycles. The molecule has 7 nitrogen and oxygen atoms in total. The predicted octanol–water partition coefficient (Wildman–Crippen LogP) is 2.94. The first-order valence-corrected chi connectivity index (χ1v) is 10.0. The van der Waals surface area contributed by atoms with Gasteiger partial charge in [0, 0.05) is 18.0 Å². The molecule has 1 N–H and O–H groups in total. The van der Waals surface area contributed by atoms with Crippen LogP contribution in [0.15, 0.2) is 21.9 Å². The lowest BCUT2D eigenvalue weighted by atomic mass is 10.3. The molecule has 3 aromatic rings. The van der Waals surface area contributed by atoms with Gasteiger partial charge in [0.1, 0.15) is 0 Å². The SMILES string of the molecule is CCCn1nnnc1CSc1nnc(NCCc2cccs2)s1. The minimum absolute atomic E-state index is 0.705. The van der Waals surface area contributed by atoms with Crippen LogP contribution in [0.4, 0.5) is 5.13 Å². The van der Waals surface area contributed by atoms with Gasteiger partial charge in [-0.15, -0.1) is 26.6 Å². The molecule has 3 rings (SSSR count). The Morgan fingerprint density at radius 1 is 1.30 bits per heavy atom. The molecule has 3 heterocycles. The zero-order valence-corrected chi connectivity index (χ0v) is 15.1. The number of thiophene rings is 1. The van der Waals surface area contributed by atoms with Crippen molar-refractivity contribution in [3.8, 4) is 0 Å². The summed E-state index contributed by atoms with van der Waals surface area (Å²) in [7, 11) is 0. The molecule has 0 unspecified atom stereocenters. The summed E-state index contributed by atoms with van der Waals surface area (Å²) in [5.74, 6) is 1.58. The largest absolute Gasteiger partial charge is 0.360 e. The van der Waals surface area contributed by atoms with Crippen LogP contribution in [0.5, 0.6) is 0 Å². The number of aryl methyl sites for hydroxylation is 1. The zero-order chi connectivity index (χ0) is 15.9. The highest BCUT2D eigenvalue weighted by atomic mass is 32.2. The molecule has 0 bridgehead atoms. The Kier molecular flexibility index (Phi) is 5.94. The average Bonchev–Trinajstić information content (AvgIpc) is 3.28. The lowest BCUT2D eigenvalue weighted by Crippen LogP contribution is -2.04. The molecule has 10 heteroatoms.